The minimum absolute atomic E-state index is 0.00896. The van der Waals surface area contributed by atoms with E-state index in [1.165, 1.54) is 10.7 Å². The third-order valence-electron chi connectivity index (χ3n) is 5.71. The van der Waals surface area contributed by atoms with Crippen molar-refractivity contribution in [2.24, 2.45) is 0 Å². The second-order valence-corrected chi connectivity index (χ2v) is 9.66. The minimum atomic E-state index is -2.99. The third kappa shape index (κ3) is 5.14. The molecule has 0 atom stereocenters. The lowest BCUT2D eigenvalue weighted by molar-refractivity contribution is -0.135. The number of likely N-dealkylation sites (tertiary alicyclic amines) is 1. The predicted octanol–water partition coefficient (Wildman–Crippen LogP) is 3.78. The summed E-state index contributed by atoms with van der Waals surface area (Å²) in [6.07, 6.45) is 7.97. The zero-order valence-electron chi connectivity index (χ0n) is 18.3. The molecule has 1 aliphatic carbocycles. The number of alkyl halides is 2. The monoisotopic (exact) mass is 487 g/mol. The molecule has 0 unspecified atom stereocenters. The summed E-state index contributed by atoms with van der Waals surface area (Å²) in [6, 6.07) is 6.86. The Kier molecular flexibility index (Phi) is 6.36. The first-order valence-electron chi connectivity index (χ1n) is 11.1. The summed E-state index contributed by atoms with van der Waals surface area (Å²) >= 11 is 1.70. The number of hydrogen-bond acceptors (Lipinski definition) is 6. The highest BCUT2D eigenvalue weighted by Gasteiger charge is 2.26. The number of Topliss-reactive ketones (excluding diaryl/α,β-unsaturated/α-hetero) is 1. The van der Waals surface area contributed by atoms with Gasteiger partial charge in [-0.3, -0.25) is 14.3 Å². The quantitative estimate of drug-likeness (QED) is 0.481. The molecule has 34 heavy (non-hydrogen) atoms. The van der Waals surface area contributed by atoms with Crippen LogP contribution in [0.15, 0.2) is 47.8 Å². The van der Waals surface area contributed by atoms with Gasteiger partial charge in [0.15, 0.2) is 0 Å². The van der Waals surface area contributed by atoms with Gasteiger partial charge in [0.2, 0.25) is 5.91 Å². The number of rotatable bonds is 8. The van der Waals surface area contributed by atoms with Gasteiger partial charge in [0.05, 0.1) is 6.20 Å². The minimum Gasteiger partial charge on any atom is -0.434 e. The summed E-state index contributed by atoms with van der Waals surface area (Å²) in [5.74, 6) is 0.00670. The third-order valence-corrected chi connectivity index (χ3v) is 7.04. The molecule has 0 spiro atoms. The van der Waals surface area contributed by atoms with Crippen LogP contribution in [0.1, 0.15) is 25.7 Å². The van der Waals surface area contributed by atoms with E-state index in [1.54, 1.807) is 58.1 Å². The van der Waals surface area contributed by atoms with Gasteiger partial charge in [-0.15, -0.1) is 11.8 Å². The fraction of sp³-hybridized carbons (Fsp3) is 0.391. The molecular formula is C23H23F2N5O3S. The Labute approximate surface area is 198 Å². The molecule has 1 amide bonds. The Hall–Kier alpha value is -3.21. The fourth-order valence-corrected chi connectivity index (χ4v) is 4.94. The van der Waals surface area contributed by atoms with E-state index in [1.807, 2.05) is 0 Å². The number of hydrogen-bond donors (Lipinski definition) is 0. The normalized spacial score (nSPS) is 16.3. The smallest absolute Gasteiger partial charge is 0.387 e. The highest BCUT2D eigenvalue weighted by Crippen LogP contribution is 2.43. The van der Waals surface area contributed by atoms with Crippen LogP contribution in [0, 0.1) is 0 Å². The van der Waals surface area contributed by atoms with Crippen molar-refractivity contribution in [3.05, 3.63) is 42.9 Å². The Morgan fingerprint density at radius 1 is 1.24 bits per heavy atom. The van der Waals surface area contributed by atoms with Crippen molar-refractivity contribution in [1.82, 2.24) is 24.5 Å². The molecule has 2 aliphatic rings. The Bertz CT molecular complexity index is 1180. The molecule has 0 radical (unpaired) electrons. The summed E-state index contributed by atoms with van der Waals surface area (Å²) < 4.78 is 34.2. The molecule has 3 aromatic rings. The van der Waals surface area contributed by atoms with Crippen LogP contribution in [0.4, 0.5) is 8.78 Å². The number of ketones is 1. The predicted molar refractivity (Wildman–Crippen MR) is 121 cm³/mol. The van der Waals surface area contributed by atoms with Gasteiger partial charge in [0, 0.05) is 54.0 Å². The molecule has 1 saturated heterocycles. The van der Waals surface area contributed by atoms with Crippen LogP contribution in [-0.4, -0.2) is 61.1 Å². The summed E-state index contributed by atoms with van der Waals surface area (Å²) in [4.78, 5) is 26.9. The van der Waals surface area contributed by atoms with E-state index in [2.05, 4.69) is 10.2 Å². The lowest BCUT2D eigenvalue weighted by atomic mass is 10.1. The topological polar surface area (TPSA) is 82.2 Å². The fourth-order valence-electron chi connectivity index (χ4n) is 3.85. The van der Waals surface area contributed by atoms with Crippen LogP contribution in [-0.2, 0) is 16.1 Å². The van der Waals surface area contributed by atoms with Crippen LogP contribution in [0.2, 0.25) is 0 Å². The maximum Gasteiger partial charge on any atom is 0.387 e. The maximum absolute atomic E-state index is 13.2. The molecule has 11 heteroatoms. The van der Waals surface area contributed by atoms with Gasteiger partial charge in [0.1, 0.15) is 29.5 Å². The molecule has 2 fully saturated rings. The molecule has 3 heterocycles. The number of thioether (sulfide) groups is 1. The highest BCUT2D eigenvalue weighted by molar-refractivity contribution is 8.00. The zero-order chi connectivity index (χ0) is 23.7. The summed E-state index contributed by atoms with van der Waals surface area (Å²) in [6.45, 7) is -2.24. The van der Waals surface area contributed by atoms with Crippen molar-refractivity contribution in [2.75, 3.05) is 13.1 Å². The standard InChI is InChI=1S/C23H23F2N5O3S/c24-23(25)33-20-5-4-17(34-16-2-3-16)12-18(20)22-19(30-9-1-8-26-30)13-29(27-22)14-21(32)28-10-6-15(31)7-11-28/h1,4-5,8-9,12-13,16,23H,2-3,6-7,10-11,14H2. The number of aromatic nitrogens is 4. The molecule has 5 rings (SSSR count). The summed E-state index contributed by atoms with van der Waals surface area (Å²) in [5.41, 5.74) is 1.34. The molecule has 8 nitrogen and oxygen atoms in total. The maximum atomic E-state index is 13.2. The van der Waals surface area contributed by atoms with E-state index in [4.69, 9.17) is 4.74 Å². The average molecular weight is 488 g/mol. The Morgan fingerprint density at radius 3 is 2.71 bits per heavy atom. The van der Waals surface area contributed by atoms with Crippen molar-refractivity contribution in [3.63, 3.8) is 0 Å². The molecule has 1 saturated carbocycles. The van der Waals surface area contributed by atoms with Crippen LogP contribution in [0.5, 0.6) is 5.75 Å². The van der Waals surface area contributed by atoms with E-state index in [9.17, 15) is 18.4 Å². The second-order valence-electron chi connectivity index (χ2n) is 8.28. The van der Waals surface area contributed by atoms with Gasteiger partial charge in [-0.05, 0) is 37.1 Å². The van der Waals surface area contributed by atoms with Crippen molar-refractivity contribution in [3.8, 4) is 22.7 Å². The molecular weight excluding hydrogens is 464 g/mol. The average Bonchev–Trinajstić information content (AvgIpc) is 3.28. The van der Waals surface area contributed by atoms with Crippen LogP contribution < -0.4 is 4.74 Å². The van der Waals surface area contributed by atoms with Gasteiger partial charge < -0.3 is 9.64 Å². The molecule has 1 aliphatic heterocycles. The second kappa shape index (κ2) is 9.57. The van der Waals surface area contributed by atoms with E-state index >= 15 is 0 Å². The van der Waals surface area contributed by atoms with Gasteiger partial charge in [-0.2, -0.15) is 19.0 Å². The van der Waals surface area contributed by atoms with Crippen molar-refractivity contribution in [2.45, 2.75) is 49.0 Å². The first-order valence-corrected chi connectivity index (χ1v) is 12.0. The van der Waals surface area contributed by atoms with Crippen molar-refractivity contribution in [1.29, 1.82) is 0 Å². The van der Waals surface area contributed by atoms with E-state index in [0.717, 1.165) is 17.7 Å². The number of halogens is 2. The summed E-state index contributed by atoms with van der Waals surface area (Å²) in [7, 11) is 0. The van der Waals surface area contributed by atoms with Gasteiger partial charge in [-0.1, -0.05) is 0 Å². The summed E-state index contributed by atoms with van der Waals surface area (Å²) in [5, 5.41) is 9.40. The Balaban J connectivity index is 1.50. The molecule has 2 aromatic heterocycles. The SMILES string of the molecule is O=C1CCN(C(=O)Cn2cc(-n3cccn3)c(-c3cc(SC4CC4)ccc3OC(F)F)n2)CC1. The number of amides is 1. The van der Waals surface area contributed by atoms with Crippen LogP contribution >= 0.6 is 11.8 Å². The number of nitrogens with zero attached hydrogens (tertiary/aromatic N) is 5. The van der Waals surface area contributed by atoms with Crippen molar-refractivity contribution < 1.29 is 23.1 Å². The van der Waals surface area contributed by atoms with E-state index in [0.29, 0.717) is 48.1 Å². The lowest BCUT2D eigenvalue weighted by Crippen LogP contribution is -2.40. The number of carbonyl (C=O) groups excluding carboxylic acids is 2. The first-order chi connectivity index (χ1) is 16.5. The lowest BCUT2D eigenvalue weighted by Gasteiger charge is -2.25. The molecule has 178 valence electrons. The van der Waals surface area contributed by atoms with Crippen molar-refractivity contribution >= 4 is 23.5 Å². The largest absolute Gasteiger partial charge is 0.434 e. The number of carbonyl (C=O) groups is 2. The van der Waals surface area contributed by atoms with Gasteiger partial charge in [0.25, 0.3) is 0 Å². The number of benzene rings is 1. The van der Waals surface area contributed by atoms with E-state index < -0.39 is 6.61 Å². The van der Waals surface area contributed by atoms with Gasteiger partial charge >= 0.3 is 6.61 Å². The van der Waals surface area contributed by atoms with Crippen LogP contribution in [0.3, 0.4) is 0 Å². The zero-order valence-corrected chi connectivity index (χ0v) is 19.1. The Morgan fingerprint density at radius 2 is 2.03 bits per heavy atom. The van der Waals surface area contributed by atoms with E-state index in [-0.39, 0.29) is 24.0 Å². The molecule has 0 bridgehead atoms. The highest BCUT2D eigenvalue weighted by atomic mass is 32.2. The van der Waals surface area contributed by atoms with Crippen LogP contribution in [0.25, 0.3) is 16.9 Å². The number of piperidine rings is 1. The molecule has 1 aromatic carbocycles. The molecule has 0 N–H and O–H groups in total. The van der Waals surface area contributed by atoms with Gasteiger partial charge in [-0.25, -0.2) is 4.68 Å². The first kappa shape index (κ1) is 22.6. The number of ether oxygens (including phenoxy) is 1.